The zero-order valence-corrected chi connectivity index (χ0v) is 15.3. The summed E-state index contributed by atoms with van der Waals surface area (Å²) in [4.78, 5) is 2.45. The molecule has 0 fully saturated rings. The van der Waals surface area contributed by atoms with E-state index < -0.39 is 0 Å². The van der Waals surface area contributed by atoms with Gasteiger partial charge in [-0.05, 0) is 63.9 Å². The van der Waals surface area contributed by atoms with Crippen molar-refractivity contribution in [3.05, 3.63) is 34.9 Å². The van der Waals surface area contributed by atoms with Gasteiger partial charge >= 0.3 is 0 Å². The van der Waals surface area contributed by atoms with Gasteiger partial charge in [-0.25, -0.2) is 0 Å². The van der Waals surface area contributed by atoms with Crippen LogP contribution in [0.1, 0.15) is 38.3 Å². The van der Waals surface area contributed by atoms with Crippen molar-refractivity contribution in [1.82, 2.24) is 10.2 Å². The molecule has 0 aliphatic heterocycles. The van der Waals surface area contributed by atoms with E-state index in [1.54, 1.807) is 0 Å². The minimum Gasteiger partial charge on any atom is -0.310 e. The summed E-state index contributed by atoms with van der Waals surface area (Å²) in [6, 6.07) is 9.28. The molecule has 2 nitrogen and oxygen atoms in total. The molecule has 1 rings (SSSR count). The van der Waals surface area contributed by atoms with Crippen LogP contribution in [0.15, 0.2) is 24.3 Å². The number of halogens is 1. The Balaban J connectivity index is 2.59. The lowest BCUT2D eigenvalue weighted by Crippen LogP contribution is -2.34. The zero-order valence-electron chi connectivity index (χ0n) is 13.7. The summed E-state index contributed by atoms with van der Waals surface area (Å²) in [5, 5.41) is 4.46. The molecule has 0 aromatic heterocycles. The second-order valence-corrected chi connectivity index (χ2v) is 6.98. The molecule has 2 unspecified atom stereocenters. The molecule has 0 saturated carbocycles. The topological polar surface area (TPSA) is 15.3 Å². The number of hydrogen-bond acceptors (Lipinski definition) is 3. The summed E-state index contributed by atoms with van der Waals surface area (Å²) >= 11 is 7.91. The lowest BCUT2D eigenvalue weighted by atomic mass is 10.0. The van der Waals surface area contributed by atoms with E-state index in [1.165, 1.54) is 11.3 Å². The van der Waals surface area contributed by atoms with Crippen molar-refractivity contribution in [1.29, 1.82) is 0 Å². The number of nitrogens with one attached hydrogen (secondary N) is 1. The van der Waals surface area contributed by atoms with Crippen molar-refractivity contribution >= 4 is 23.4 Å². The normalized spacial score (nSPS) is 14.4. The van der Waals surface area contributed by atoms with Crippen molar-refractivity contribution in [2.45, 2.75) is 38.8 Å². The van der Waals surface area contributed by atoms with Gasteiger partial charge in [0, 0.05) is 22.9 Å². The molecule has 0 radical (unpaired) electrons. The van der Waals surface area contributed by atoms with Gasteiger partial charge in [0.05, 0.1) is 0 Å². The monoisotopic (exact) mass is 328 g/mol. The highest BCUT2D eigenvalue weighted by molar-refractivity contribution is 7.98. The fourth-order valence-corrected chi connectivity index (χ4v) is 3.18. The Hall–Kier alpha value is -0.220. The third-order valence-corrected chi connectivity index (χ3v) is 4.91. The molecule has 0 spiro atoms. The fraction of sp³-hybridized carbons (Fsp3) is 0.647. The van der Waals surface area contributed by atoms with Crippen molar-refractivity contribution in [3.63, 3.8) is 0 Å². The number of benzene rings is 1. The Bertz CT molecular complexity index is 383. The molecule has 0 heterocycles. The third-order valence-electron chi connectivity index (χ3n) is 3.84. The van der Waals surface area contributed by atoms with Crippen LogP contribution in [0.5, 0.6) is 0 Å². The molecule has 4 heteroatoms. The van der Waals surface area contributed by atoms with E-state index >= 15 is 0 Å². The molecule has 0 amide bonds. The summed E-state index contributed by atoms with van der Waals surface area (Å²) in [6.45, 7) is 6.66. The van der Waals surface area contributed by atoms with Crippen molar-refractivity contribution in [2.75, 3.05) is 32.1 Å². The van der Waals surface area contributed by atoms with E-state index in [2.05, 4.69) is 49.5 Å². The van der Waals surface area contributed by atoms with Gasteiger partial charge in [0.2, 0.25) is 0 Å². The van der Waals surface area contributed by atoms with E-state index in [-0.39, 0.29) is 0 Å². The highest BCUT2D eigenvalue weighted by Crippen LogP contribution is 2.20. The highest BCUT2D eigenvalue weighted by atomic mass is 35.5. The minimum absolute atomic E-state index is 0.408. The van der Waals surface area contributed by atoms with Crippen molar-refractivity contribution in [2.24, 2.45) is 0 Å². The molecular formula is C17H29ClN2S. The van der Waals surface area contributed by atoms with E-state index in [1.807, 2.05) is 23.9 Å². The smallest absolute Gasteiger partial charge is 0.0406 e. The summed E-state index contributed by atoms with van der Waals surface area (Å²) in [5.41, 5.74) is 1.33. The van der Waals surface area contributed by atoms with Crippen LogP contribution in [-0.4, -0.2) is 43.1 Å². The molecule has 1 aromatic carbocycles. The second kappa shape index (κ2) is 10.5. The minimum atomic E-state index is 0.408. The summed E-state index contributed by atoms with van der Waals surface area (Å²) < 4.78 is 0. The molecule has 2 atom stereocenters. The maximum atomic E-state index is 5.99. The van der Waals surface area contributed by atoms with Gasteiger partial charge in [0.15, 0.2) is 0 Å². The Kier molecular flexibility index (Phi) is 9.41. The quantitative estimate of drug-likeness (QED) is 0.683. The highest BCUT2D eigenvalue weighted by Gasteiger charge is 2.14. The predicted molar refractivity (Wildman–Crippen MR) is 97.6 cm³/mol. The first kappa shape index (κ1) is 18.8. The average molecular weight is 329 g/mol. The van der Waals surface area contributed by atoms with Gasteiger partial charge in [-0.2, -0.15) is 11.8 Å². The molecule has 0 aliphatic rings. The number of hydrogen-bond donors (Lipinski definition) is 1. The summed E-state index contributed by atoms with van der Waals surface area (Å²) in [6.07, 6.45) is 4.45. The summed E-state index contributed by atoms with van der Waals surface area (Å²) in [5.74, 6) is 1.19. The third kappa shape index (κ3) is 7.05. The summed E-state index contributed by atoms with van der Waals surface area (Å²) in [7, 11) is 2.22. The molecule has 120 valence electrons. The first-order chi connectivity index (χ1) is 10.1. The molecule has 0 bridgehead atoms. The van der Waals surface area contributed by atoms with Gasteiger partial charge in [0.1, 0.15) is 0 Å². The molecular weight excluding hydrogens is 300 g/mol. The Labute approximate surface area is 139 Å². The van der Waals surface area contributed by atoms with Crippen LogP contribution < -0.4 is 5.32 Å². The van der Waals surface area contributed by atoms with Gasteiger partial charge in [-0.15, -0.1) is 0 Å². The van der Waals surface area contributed by atoms with Crippen LogP contribution in [0.3, 0.4) is 0 Å². The van der Waals surface area contributed by atoms with E-state index in [0.717, 1.165) is 31.0 Å². The van der Waals surface area contributed by atoms with Gasteiger partial charge < -0.3 is 10.2 Å². The fourth-order valence-electron chi connectivity index (χ4n) is 2.32. The molecule has 0 aliphatic carbocycles. The van der Waals surface area contributed by atoms with Crippen molar-refractivity contribution < 1.29 is 0 Å². The van der Waals surface area contributed by atoms with E-state index in [0.29, 0.717) is 12.1 Å². The standard InChI is InChI=1S/C17H29ClN2S/c1-5-11-19-17(15-6-8-16(18)9-7-15)10-12-20(3)14(2)13-21-4/h6-9,14,17,19H,5,10-13H2,1-4H3. The molecule has 1 aromatic rings. The van der Waals surface area contributed by atoms with Crippen molar-refractivity contribution in [3.8, 4) is 0 Å². The van der Waals surface area contributed by atoms with Crippen LogP contribution in [-0.2, 0) is 0 Å². The van der Waals surface area contributed by atoms with Gasteiger partial charge in [-0.3, -0.25) is 0 Å². The van der Waals surface area contributed by atoms with Gasteiger partial charge in [0.25, 0.3) is 0 Å². The van der Waals surface area contributed by atoms with Crippen LogP contribution in [0.4, 0.5) is 0 Å². The first-order valence-corrected chi connectivity index (χ1v) is 9.53. The SMILES string of the molecule is CCCNC(CCN(C)C(C)CSC)c1ccc(Cl)cc1. The molecule has 21 heavy (non-hydrogen) atoms. The van der Waals surface area contributed by atoms with Crippen LogP contribution >= 0.6 is 23.4 Å². The van der Waals surface area contributed by atoms with E-state index in [9.17, 15) is 0 Å². The van der Waals surface area contributed by atoms with Crippen LogP contribution in [0, 0.1) is 0 Å². The maximum Gasteiger partial charge on any atom is 0.0406 e. The number of thioether (sulfide) groups is 1. The lowest BCUT2D eigenvalue weighted by molar-refractivity contribution is 0.260. The maximum absolute atomic E-state index is 5.99. The molecule has 1 N–H and O–H groups in total. The number of rotatable bonds is 10. The van der Waals surface area contributed by atoms with Crippen LogP contribution in [0.2, 0.25) is 5.02 Å². The molecule has 0 saturated heterocycles. The Morgan fingerprint density at radius 2 is 1.95 bits per heavy atom. The lowest BCUT2D eigenvalue weighted by Gasteiger charge is -2.27. The van der Waals surface area contributed by atoms with E-state index in [4.69, 9.17) is 11.6 Å². The van der Waals surface area contributed by atoms with Gasteiger partial charge in [-0.1, -0.05) is 30.7 Å². The zero-order chi connectivity index (χ0) is 15.7. The Morgan fingerprint density at radius 1 is 1.29 bits per heavy atom. The second-order valence-electron chi connectivity index (χ2n) is 5.63. The Morgan fingerprint density at radius 3 is 2.52 bits per heavy atom. The largest absolute Gasteiger partial charge is 0.310 e. The average Bonchev–Trinajstić information content (AvgIpc) is 2.48. The predicted octanol–water partition coefficient (Wildman–Crippen LogP) is 4.45. The first-order valence-electron chi connectivity index (χ1n) is 7.76. The van der Waals surface area contributed by atoms with Crippen LogP contribution in [0.25, 0.3) is 0 Å². The number of nitrogens with zero attached hydrogens (tertiary/aromatic N) is 1.